The molecule has 0 nitrogen and oxygen atoms in total. The minimum absolute atomic E-state index is 0.0642. The Balaban J connectivity index is 2.38. The fraction of sp³-hybridized carbons (Fsp3) is 0.333. The van der Waals surface area contributed by atoms with E-state index in [4.69, 9.17) is 0 Å². The van der Waals surface area contributed by atoms with Crippen LogP contribution in [0.5, 0.6) is 0 Å². The standard InChI is InChI=1S/C18H22I/c1-13-11-15(18(3,4)5)12-14(2)17(13)19-16-9-7-6-8-10-16/h6-12H,1-5H3/q+1. The van der Waals surface area contributed by atoms with Crippen LogP contribution in [-0.2, 0) is 5.41 Å². The van der Waals surface area contributed by atoms with Crippen molar-refractivity contribution in [3.8, 4) is 0 Å². The second-order valence-corrected chi connectivity index (χ2v) is 8.93. The molecule has 0 bridgehead atoms. The van der Waals surface area contributed by atoms with Gasteiger partial charge in [0.25, 0.3) is 0 Å². The highest BCUT2D eigenvalue weighted by atomic mass is 127. The van der Waals surface area contributed by atoms with Crippen molar-refractivity contribution < 1.29 is 21.2 Å². The molecule has 19 heavy (non-hydrogen) atoms. The summed E-state index contributed by atoms with van der Waals surface area (Å²) in [6, 6.07) is 15.6. The van der Waals surface area contributed by atoms with E-state index in [0.29, 0.717) is 0 Å². The monoisotopic (exact) mass is 365 g/mol. The molecule has 0 spiro atoms. The van der Waals surface area contributed by atoms with Crippen molar-refractivity contribution in [2.45, 2.75) is 40.0 Å². The predicted octanol–water partition coefficient (Wildman–Crippen LogP) is 1.73. The maximum absolute atomic E-state index is 2.38. The molecule has 2 rings (SSSR count). The highest BCUT2D eigenvalue weighted by Gasteiger charge is 2.24. The van der Waals surface area contributed by atoms with Gasteiger partial charge in [0.15, 0.2) is 7.14 Å². The molecule has 100 valence electrons. The van der Waals surface area contributed by atoms with Gasteiger partial charge in [0.2, 0.25) is 0 Å². The minimum atomic E-state index is -0.0642. The number of hydrogen-bond acceptors (Lipinski definition) is 0. The van der Waals surface area contributed by atoms with Crippen LogP contribution < -0.4 is 21.2 Å². The van der Waals surface area contributed by atoms with Crippen molar-refractivity contribution in [1.29, 1.82) is 0 Å². The summed E-state index contributed by atoms with van der Waals surface area (Å²) in [4.78, 5) is 0. The summed E-state index contributed by atoms with van der Waals surface area (Å²) in [5.74, 6) is 0. The Morgan fingerprint density at radius 1 is 0.842 bits per heavy atom. The third-order valence-electron chi connectivity index (χ3n) is 3.24. The first-order valence-corrected chi connectivity index (χ1v) is 8.85. The summed E-state index contributed by atoms with van der Waals surface area (Å²) in [7, 11) is 0. The van der Waals surface area contributed by atoms with E-state index in [-0.39, 0.29) is 26.6 Å². The van der Waals surface area contributed by atoms with Gasteiger partial charge in [0.05, 0.1) is 0 Å². The van der Waals surface area contributed by atoms with Gasteiger partial charge in [0.1, 0.15) is 0 Å². The van der Waals surface area contributed by atoms with Crippen molar-refractivity contribution >= 4 is 0 Å². The van der Waals surface area contributed by atoms with E-state index in [9.17, 15) is 0 Å². The second-order valence-electron chi connectivity index (χ2n) is 6.06. The lowest BCUT2D eigenvalue weighted by molar-refractivity contribution is -0.598. The smallest absolute Gasteiger partial charge is 0.0619 e. The molecule has 0 aliphatic heterocycles. The van der Waals surface area contributed by atoms with E-state index < -0.39 is 0 Å². The van der Waals surface area contributed by atoms with E-state index in [1.807, 2.05) is 0 Å². The summed E-state index contributed by atoms with van der Waals surface area (Å²) in [6.07, 6.45) is 0. The molecule has 0 aliphatic carbocycles. The molecule has 0 N–H and O–H groups in total. The Hall–Kier alpha value is -0.830. The van der Waals surface area contributed by atoms with Crippen LogP contribution in [0, 0.1) is 21.0 Å². The maximum Gasteiger partial charge on any atom is 0.358 e. The van der Waals surface area contributed by atoms with Gasteiger partial charge in [-0.25, -0.2) is 0 Å². The molecule has 0 heterocycles. The SMILES string of the molecule is Cc1cc(C(C)(C)C)cc(C)c1[I+]c1ccccc1. The average Bonchev–Trinajstić information content (AvgIpc) is 2.33. The summed E-state index contributed by atoms with van der Waals surface area (Å²) in [5, 5.41) is 0. The summed E-state index contributed by atoms with van der Waals surface area (Å²) >= 11 is -0.0642. The van der Waals surface area contributed by atoms with E-state index in [2.05, 4.69) is 77.1 Å². The van der Waals surface area contributed by atoms with Crippen LogP contribution in [0.2, 0.25) is 0 Å². The van der Waals surface area contributed by atoms with Crippen molar-refractivity contribution in [3.05, 3.63) is 66.3 Å². The van der Waals surface area contributed by atoms with Crippen LogP contribution in [0.1, 0.15) is 37.5 Å². The first-order chi connectivity index (χ1) is 8.88. The minimum Gasteiger partial charge on any atom is -0.0619 e. The molecule has 0 aromatic heterocycles. The lowest BCUT2D eigenvalue weighted by Crippen LogP contribution is -3.62. The molecule has 0 aliphatic rings. The first kappa shape index (κ1) is 14.6. The largest absolute Gasteiger partial charge is 0.358 e. The molecular formula is C18H22I+. The summed E-state index contributed by atoms with van der Waals surface area (Å²) in [5.41, 5.74) is 4.60. The number of benzene rings is 2. The number of hydrogen-bond donors (Lipinski definition) is 0. The lowest BCUT2D eigenvalue weighted by atomic mass is 9.85. The molecule has 0 saturated carbocycles. The second kappa shape index (κ2) is 5.66. The fourth-order valence-electron chi connectivity index (χ4n) is 2.11. The Morgan fingerprint density at radius 2 is 1.37 bits per heavy atom. The van der Waals surface area contributed by atoms with E-state index >= 15 is 0 Å². The third-order valence-corrected chi connectivity index (χ3v) is 6.82. The maximum atomic E-state index is 2.38. The van der Waals surface area contributed by atoms with Gasteiger partial charge >= 0.3 is 21.2 Å². The zero-order valence-corrected chi connectivity index (χ0v) is 14.6. The highest BCUT2D eigenvalue weighted by Crippen LogP contribution is 2.24. The van der Waals surface area contributed by atoms with Gasteiger partial charge in [-0.2, -0.15) is 0 Å². The van der Waals surface area contributed by atoms with Gasteiger partial charge in [-0.3, -0.25) is 0 Å². The Morgan fingerprint density at radius 3 is 1.84 bits per heavy atom. The molecule has 0 unspecified atom stereocenters. The molecule has 1 heteroatoms. The van der Waals surface area contributed by atoms with Crippen molar-refractivity contribution in [1.82, 2.24) is 0 Å². The normalized spacial score (nSPS) is 11.6. The average molecular weight is 365 g/mol. The molecule has 0 saturated heterocycles. The molecule has 0 radical (unpaired) electrons. The fourth-order valence-corrected chi connectivity index (χ4v) is 4.67. The van der Waals surface area contributed by atoms with Gasteiger partial charge < -0.3 is 0 Å². The van der Waals surface area contributed by atoms with Crippen molar-refractivity contribution in [3.63, 3.8) is 0 Å². The van der Waals surface area contributed by atoms with Gasteiger partial charge in [-0.15, -0.1) is 0 Å². The van der Waals surface area contributed by atoms with E-state index in [0.717, 1.165) is 0 Å². The van der Waals surface area contributed by atoms with Crippen LogP contribution in [0.3, 0.4) is 0 Å². The van der Waals surface area contributed by atoms with Crippen molar-refractivity contribution in [2.75, 3.05) is 0 Å². The van der Waals surface area contributed by atoms with Crippen molar-refractivity contribution in [2.24, 2.45) is 0 Å². The van der Waals surface area contributed by atoms with E-state index in [1.165, 1.54) is 20.3 Å². The topological polar surface area (TPSA) is 0 Å². The van der Waals surface area contributed by atoms with Gasteiger partial charge in [-0.05, 0) is 37.0 Å². The van der Waals surface area contributed by atoms with Crippen LogP contribution >= 0.6 is 0 Å². The molecule has 2 aromatic rings. The van der Waals surface area contributed by atoms with E-state index in [1.54, 1.807) is 3.57 Å². The zero-order chi connectivity index (χ0) is 14.0. The van der Waals surface area contributed by atoms with Crippen LogP contribution in [0.25, 0.3) is 0 Å². The summed E-state index contributed by atoms with van der Waals surface area (Å²) < 4.78 is 3.08. The Bertz CT molecular complexity index is 539. The zero-order valence-electron chi connectivity index (χ0n) is 12.4. The Kier molecular flexibility index (Phi) is 4.34. The molecule has 0 atom stereocenters. The van der Waals surface area contributed by atoms with Gasteiger partial charge in [-0.1, -0.05) is 51.1 Å². The van der Waals surface area contributed by atoms with Crippen LogP contribution in [0.4, 0.5) is 0 Å². The highest BCUT2D eigenvalue weighted by molar-refractivity contribution is 5.32. The quantitative estimate of drug-likeness (QED) is 0.712. The predicted molar refractivity (Wildman–Crippen MR) is 78.5 cm³/mol. The first-order valence-electron chi connectivity index (χ1n) is 6.69. The van der Waals surface area contributed by atoms with Crippen LogP contribution in [0.15, 0.2) is 42.5 Å². The molecule has 0 fully saturated rings. The number of halogens is 1. The Labute approximate surface area is 127 Å². The van der Waals surface area contributed by atoms with Crippen LogP contribution in [-0.4, -0.2) is 0 Å². The molecule has 0 amide bonds. The third kappa shape index (κ3) is 3.59. The summed E-state index contributed by atoms with van der Waals surface area (Å²) in [6.45, 7) is 11.4. The van der Waals surface area contributed by atoms with Gasteiger partial charge in [0, 0.05) is 11.1 Å². The number of aryl methyl sites for hydroxylation is 2. The molecule has 2 aromatic carbocycles. The lowest BCUT2D eigenvalue weighted by Gasteiger charge is -2.20. The number of rotatable bonds is 2. The molecular weight excluding hydrogens is 343 g/mol.